The van der Waals surface area contributed by atoms with Crippen molar-refractivity contribution < 1.29 is 0 Å². The summed E-state index contributed by atoms with van der Waals surface area (Å²) in [6.45, 7) is 2.15. The standard InChI is InChI=1S/C17H26N2/c1-14-7-6-8-15(13-14)11-12-17(19-18)16-9-4-2-3-5-10-16/h6-9,13,17,19H,2-5,10-12,18H2,1H3. The van der Waals surface area contributed by atoms with Crippen LogP contribution in [0.4, 0.5) is 0 Å². The zero-order chi connectivity index (χ0) is 13.5. The van der Waals surface area contributed by atoms with Gasteiger partial charge in [-0.3, -0.25) is 11.3 Å². The summed E-state index contributed by atoms with van der Waals surface area (Å²) in [5.74, 6) is 5.76. The molecule has 0 aromatic heterocycles. The molecule has 1 aliphatic rings. The molecule has 1 aromatic carbocycles. The molecule has 0 heterocycles. The van der Waals surface area contributed by atoms with Gasteiger partial charge in [-0.1, -0.05) is 47.9 Å². The molecule has 1 unspecified atom stereocenters. The van der Waals surface area contributed by atoms with Crippen molar-refractivity contribution >= 4 is 0 Å². The Morgan fingerprint density at radius 2 is 2.16 bits per heavy atom. The minimum absolute atomic E-state index is 0.346. The maximum atomic E-state index is 5.76. The average molecular weight is 258 g/mol. The molecule has 0 saturated carbocycles. The van der Waals surface area contributed by atoms with Crippen LogP contribution >= 0.6 is 0 Å². The summed E-state index contributed by atoms with van der Waals surface area (Å²) >= 11 is 0. The number of hydrogen-bond acceptors (Lipinski definition) is 2. The average Bonchev–Trinajstić information content (AvgIpc) is 2.69. The molecule has 0 amide bonds. The van der Waals surface area contributed by atoms with E-state index in [0.29, 0.717) is 6.04 Å². The van der Waals surface area contributed by atoms with Gasteiger partial charge < -0.3 is 0 Å². The zero-order valence-electron chi connectivity index (χ0n) is 12.0. The van der Waals surface area contributed by atoms with Crippen molar-refractivity contribution in [2.45, 2.75) is 57.9 Å². The van der Waals surface area contributed by atoms with E-state index in [1.807, 2.05) is 0 Å². The number of benzene rings is 1. The minimum Gasteiger partial charge on any atom is -0.271 e. The van der Waals surface area contributed by atoms with Crippen LogP contribution in [0.25, 0.3) is 0 Å². The molecule has 1 aliphatic carbocycles. The van der Waals surface area contributed by atoms with E-state index in [4.69, 9.17) is 5.84 Å². The molecular weight excluding hydrogens is 232 g/mol. The zero-order valence-corrected chi connectivity index (χ0v) is 12.0. The second-order valence-electron chi connectivity index (χ2n) is 5.63. The van der Waals surface area contributed by atoms with Gasteiger partial charge in [0.25, 0.3) is 0 Å². The molecule has 1 atom stereocenters. The molecule has 0 bridgehead atoms. The van der Waals surface area contributed by atoms with Gasteiger partial charge in [0.1, 0.15) is 0 Å². The van der Waals surface area contributed by atoms with Gasteiger partial charge in [0.05, 0.1) is 0 Å². The lowest BCUT2D eigenvalue weighted by atomic mass is 9.96. The molecule has 0 radical (unpaired) electrons. The Morgan fingerprint density at radius 1 is 1.26 bits per heavy atom. The SMILES string of the molecule is Cc1cccc(CCC(NN)C2=CCCCCC2)c1. The van der Waals surface area contributed by atoms with Crippen molar-refractivity contribution in [3.05, 3.63) is 47.0 Å². The first-order chi connectivity index (χ1) is 9.29. The third-order valence-electron chi connectivity index (χ3n) is 4.03. The third-order valence-corrected chi connectivity index (χ3v) is 4.03. The predicted octanol–water partition coefficient (Wildman–Crippen LogP) is 3.65. The molecule has 0 fully saturated rings. The van der Waals surface area contributed by atoms with Crippen LogP contribution in [0.2, 0.25) is 0 Å². The fourth-order valence-electron chi connectivity index (χ4n) is 2.91. The largest absolute Gasteiger partial charge is 0.271 e. The number of rotatable bonds is 5. The molecule has 3 N–H and O–H groups in total. The number of aryl methyl sites for hydroxylation is 2. The molecule has 0 spiro atoms. The maximum Gasteiger partial charge on any atom is 0.0422 e. The van der Waals surface area contributed by atoms with Crippen LogP contribution in [-0.2, 0) is 6.42 Å². The van der Waals surface area contributed by atoms with E-state index in [1.165, 1.54) is 48.8 Å². The van der Waals surface area contributed by atoms with Crippen molar-refractivity contribution in [1.82, 2.24) is 5.43 Å². The quantitative estimate of drug-likeness (QED) is 0.480. The highest BCUT2D eigenvalue weighted by Gasteiger charge is 2.14. The summed E-state index contributed by atoms with van der Waals surface area (Å²) in [5, 5.41) is 0. The number of allylic oxidation sites excluding steroid dienone is 1. The molecular formula is C17H26N2. The Balaban J connectivity index is 1.93. The molecule has 0 aliphatic heterocycles. The molecule has 0 saturated heterocycles. The number of hydrazine groups is 1. The Hall–Kier alpha value is -1.12. The maximum absolute atomic E-state index is 5.76. The topological polar surface area (TPSA) is 38.0 Å². The van der Waals surface area contributed by atoms with E-state index in [2.05, 4.69) is 42.7 Å². The number of nitrogens with one attached hydrogen (secondary N) is 1. The van der Waals surface area contributed by atoms with Crippen molar-refractivity contribution in [2.75, 3.05) is 0 Å². The van der Waals surface area contributed by atoms with Crippen LogP contribution in [0, 0.1) is 6.92 Å². The first-order valence-corrected chi connectivity index (χ1v) is 7.50. The Bertz CT molecular complexity index is 423. The molecule has 1 aromatic rings. The van der Waals surface area contributed by atoms with Gasteiger partial charge in [-0.25, -0.2) is 0 Å². The van der Waals surface area contributed by atoms with E-state index in [-0.39, 0.29) is 0 Å². The first kappa shape index (κ1) is 14.3. The summed E-state index contributed by atoms with van der Waals surface area (Å²) in [4.78, 5) is 0. The highest BCUT2D eigenvalue weighted by molar-refractivity contribution is 5.23. The second-order valence-corrected chi connectivity index (χ2v) is 5.63. The van der Waals surface area contributed by atoms with Crippen LogP contribution in [0.5, 0.6) is 0 Å². The fraction of sp³-hybridized carbons (Fsp3) is 0.529. The lowest BCUT2D eigenvalue weighted by Crippen LogP contribution is -2.37. The van der Waals surface area contributed by atoms with Crippen LogP contribution in [0.15, 0.2) is 35.9 Å². The third kappa shape index (κ3) is 4.48. The van der Waals surface area contributed by atoms with E-state index in [0.717, 1.165) is 12.8 Å². The van der Waals surface area contributed by atoms with E-state index >= 15 is 0 Å². The lowest BCUT2D eigenvalue weighted by Gasteiger charge is -2.19. The van der Waals surface area contributed by atoms with Crippen LogP contribution in [0.1, 0.15) is 49.7 Å². The molecule has 2 nitrogen and oxygen atoms in total. The van der Waals surface area contributed by atoms with Gasteiger partial charge in [-0.15, -0.1) is 0 Å². The summed E-state index contributed by atoms with van der Waals surface area (Å²) in [5.41, 5.74) is 7.29. The van der Waals surface area contributed by atoms with Gasteiger partial charge in [0.2, 0.25) is 0 Å². The Morgan fingerprint density at radius 3 is 2.95 bits per heavy atom. The smallest absolute Gasteiger partial charge is 0.0422 e. The van der Waals surface area contributed by atoms with Crippen molar-refractivity contribution in [3.8, 4) is 0 Å². The molecule has 104 valence electrons. The fourth-order valence-corrected chi connectivity index (χ4v) is 2.91. The van der Waals surface area contributed by atoms with Gasteiger partial charge in [0, 0.05) is 6.04 Å². The van der Waals surface area contributed by atoms with Crippen molar-refractivity contribution in [1.29, 1.82) is 0 Å². The summed E-state index contributed by atoms with van der Waals surface area (Å²) in [6.07, 6.45) is 11.0. The van der Waals surface area contributed by atoms with Gasteiger partial charge in [-0.05, 0) is 51.0 Å². The van der Waals surface area contributed by atoms with Gasteiger partial charge in [-0.2, -0.15) is 0 Å². The minimum atomic E-state index is 0.346. The predicted molar refractivity (Wildman–Crippen MR) is 81.8 cm³/mol. The van der Waals surface area contributed by atoms with E-state index in [1.54, 1.807) is 0 Å². The van der Waals surface area contributed by atoms with Gasteiger partial charge in [0.15, 0.2) is 0 Å². The highest BCUT2D eigenvalue weighted by atomic mass is 15.2. The lowest BCUT2D eigenvalue weighted by molar-refractivity contribution is 0.532. The molecule has 19 heavy (non-hydrogen) atoms. The van der Waals surface area contributed by atoms with E-state index < -0.39 is 0 Å². The second kappa shape index (κ2) is 7.46. The van der Waals surface area contributed by atoms with Crippen molar-refractivity contribution in [3.63, 3.8) is 0 Å². The number of nitrogens with two attached hydrogens (primary N) is 1. The van der Waals surface area contributed by atoms with Crippen LogP contribution in [0.3, 0.4) is 0 Å². The van der Waals surface area contributed by atoms with E-state index in [9.17, 15) is 0 Å². The summed E-state index contributed by atoms with van der Waals surface area (Å²) < 4.78 is 0. The van der Waals surface area contributed by atoms with Crippen molar-refractivity contribution in [2.24, 2.45) is 5.84 Å². The first-order valence-electron chi connectivity index (χ1n) is 7.50. The highest BCUT2D eigenvalue weighted by Crippen LogP contribution is 2.22. The summed E-state index contributed by atoms with van der Waals surface area (Å²) in [7, 11) is 0. The molecule has 2 rings (SSSR count). The van der Waals surface area contributed by atoms with Crippen LogP contribution < -0.4 is 11.3 Å². The summed E-state index contributed by atoms with van der Waals surface area (Å²) in [6, 6.07) is 9.12. The Labute approximate surface area is 117 Å². The Kier molecular flexibility index (Phi) is 5.62. The number of hydrogen-bond donors (Lipinski definition) is 2. The molecule has 2 heteroatoms. The monoisotopic (exact) mass is 258 g/mol. The normalized spacial score (nSPS) is 17.7. The van der Waals surface area contributed by atoms with Gasteiger partial charge >= 0.3 is 0 Å². The van der Waals surface area contributed by atoms with Crippen LogP contribution in [-0.4, -0.2) is 6.04 Å².